The number of carbonyl (C=O) groups excluding carboxylic acids is 2. The van der Waals surface area contributed by atoms with E-state index in [9.17, 15) is 18.0 Å². The zero-order valence-corrected chi connectivity index (χ0v) is 18.5. The number of ether oxygens (including phenoxy) is 1. The van der Waals surface area contributed by atoms with Gasteiger partial charge in [0.25, 0.3) is 5.91 Å². The van der Waals surface area contributed by atoms with Crippen LogP contribution in [0.2, 0.25) is 5.02 Å². The molecule has 0 saturated heterocycles. The van der Waals surface area contributed by atoms with Gasteiger partial charge in [-0.2, -0.15) is 4.31 Å². The summed E-state index contributed by atoms with van der Waals surface area (Å²) in [5.74, 6) is -0.547. The second-order valence-corrected chi connectivity index (χ2v) is 9.56. The zero-order valence-electron chi connectivity index (χ0n) is 16.9. The molecule has 2 N–H and O–H groups in total. The molecule has 2 aromatic carbocycles. The molecule has 2 amide bonds. The number of fused-ring (bicyclic) bond motifs is 1. The Balaban J connectivity index is 1.79. The normalized spacial score (nSPS) is 15.9. The van der Waals surface area contributed by atoms with E-state index < -0.39 is 28.6 Å². The van der Waals surface area contributed by atoms with Crippen molar-refractivity contribution >= 4 is 44.8 Å². The first-order valence-corrected chi connectivity index (χ1v) is 11.0. The number of anilines is 2. The molecule has 0 radical (unpaired) electrons. The van der Waals surface area contributed by atoms with Crippen LogP contribution in [0, 0.1) is 13.8 Å². The molecule has 0 unspecified atom stereocenters. The van der Waals surface area contributed by atoms with Gasteiger partial charge in [0.05, 0.1) is 17.1 Å². The summed E-state index contributed by atoms with van der Waals surface area (Å²) in [7, 11) is -2.66. The van der Waals surface area contributed by atoms with Crippen LogP contribution in [0.1, 0.15) is 18.1 Å². The highest BCUT2D eigenvalue weighted by Crippen LogP contribution is 2.35. The van der Waals surface area contributed by atoms with Crippen molar-refractivity contribution in [2.45, 2.75) is 31.8 Å². The number of carbonyl (C=O) groups is 2. The van der Waals surface area contributed by atoms with E-state index >= 15 is 0 Å². The minimum Gasteiger partial charge on any atom is -0.479 e. The Morgan fingerprint density at radius 2 is 1.93 bits per heavy atom. The van der Waals surface area contributed by atoms with Crippen molar-refractivity contribution in [2.75, 3.05) is 24.2 Å². The van der Waals surface area contributed by atoms with Crippen LogP contribution in [-0.2, 0) is 19.6 Å². The fraction of sp³-hybridized carbons (Fsp3) is 0.300. The Hall–Kier alpha value is -2.62. The van der Waals surface area contributed by atoms with Crippen molar-refractivity contribution in [3.8, 4) is 5.75 Å². The highest BCUT2D eigenvalue weighted by Gasteiger charge is 2.30. The maximum atomic E-state index is 13.1. The molecule has 1 aliphatic rings. The van der Waals surface area contributed by atoms with Crippen molar-refractivity contribution in [1.82, 2.24) is 4.31 Å². The first-order valence-electron chi connectivity index (χ1n) is 9.13. The number of benzene rings is 2. The van der Waals surface area contributed by atoms with Gasteiger partial charge in [0.2, 0.25) is 15.9 Å². The van der Waals surface area contributed by atoms with E-state index in [1.807, 2.05) is 6.92 Å². The molecule has 0 aromatic heterocycles. The first-order chi connectivity index (χ1) is 14.0. The van der Waals surface area contributed by atoms with Crippen LogP contribution in [0.5, 0.6) is 5.75 Å². The van der Waals surface area contributed by atoms with Crippen LogP contribution in [-0.4, -0.2) is 44.2 Å². The van der Waals surface area contributed by atoms with E-state index in [4.69, 9.17) is 16.3 Å². The van der Waals surface area contributed by atoms with Gasteiger partial charge >= 0.3 is 0 Å². The molecule has 2 aromatic rings. The summed E-state index contributed by atoms with van der Waals surface area (Å²) in [6, 6.07) is 7.95. The summed E-state index contributed by atoms with van der Waals surface area (Å²) < 4.78 is 32.6. The van der Waals surface area contributed by atoms with Crippen molar-refractivity contribution < 1.29 is 22.7 Å². The zero-order chi connectivity index (χ0) is 22.2. The molecule has 3 rings (SSSR count). The summed E-state index contributed by atoms with van der Waals surface area (Å²) in [5, 5.41) is 5.82. The van der Waals surface area contributed by atoms with E-state index in [1.54, 1.807) is 32.0 Å². The minimum absolute atomic E-state index is 0.00159. The molecule has 1 aliphatic heterocycles. The lowest BCUT2D eigenvalue weighted by Crippen LogP contribution is -2.36. The van der Waals surface area contributed by atoms with Gasteiger partial charge in [0.15, 0.2) is 6.10 Å². The van der Waals surface area contributed by atoms with Crippen molar-refractivity contribution in [2.24, 2.45) is 0 Å². The average molecular weight is 452 g/mol. The van der Waals surface area contributed by atoms with Crippen molar-refractivity contribution in [1.29, 1.82) is 0 Å². The molecule has 0 bridgehead atoms. The van der Waals surface area contributed by atoms with Crippen LogP contribution in [0.3, 0.4) is 0 Å². The predicted octanol–water partition coefficient (Wildman–Crippen LogP) is 2.94. The number of nitrogens with one attached hydrogen (secondary N) is 2. The Bertz CT molecular complexity index is 1130. The number of likely N-dealkylation sites (N-methyl/N-ethyl adjacent to an activating group) is 1. The molecular formula is C20H22ClN3O5S. The smallest absolute Gasteiger partial charge is 0.265 e. The molecule has 160 valence electrons. The third-order valence-electron chi connectivity index (χ3n) is 4.72. The number of hydrogen-bond acceptors (Lipinski definition) is 5. The van der Waals surface area contributed by atoms with E-state index in [0.29, 0.717) is 22.0 Å². The molecule has 1 atom stereocenters. The first kappa shape index (κ1) is 22.1. The molecule has 30 heavy (non-hydrogen) atoms. The monoisotopic (exact) mass is 451 g/mol. The van der Waals surface area contributed by atoms with Crippen LogP contribution < -0.4 is 15.4 Å². The van der Waals surface area contributed by atoms with Crippen LogP contribution in [0.4, 0.5) is 11.4 Å². The van der Waals surface area contributed by atoms with E-state index in [-0.39, 0.29) is 16.6 Å². The highest BCUT2D eigenvalue weighted by atomic mass is 35.5. The maximum Gasteiger partial charge on any atom is 0.265 e. The second kappa shape index (κ2) is 8.25. The molecular weight excluding hydrogens is 430 g/mol. The quantitative estimate of drug-likeness (QED) is 0.727. The number of aryl methyl sites for hydroxylation is 2. The topological polar surface area (TPSA) is 105 Å². The largest absolute Gasteiger partial charge is 0.479 e. The Labute approximate surface area is 180 Å². The molecule has 0 saturated carbocycles. The van der Waals surface area contributed by atoms with Crippen molar-refractivity contribution in [3.05, 3.63) is 46.5 Å². The summed E-state index contributed by atoms with van der Waals surface area (Å²) in [5.41, 5.74) is 2.17. The lowest BCUT2D eigenvalue weighted by Gasteiger charge is -2.25. The summed E-state index contributed by atoms with van der Waals surface area (Å²) in [6.45, 7) is 4.63. The second-order valence-electron chi connectivity index (χ2n) is 7.14. The van der Waals surface area contributed by atoms with Gasteiger partial charge in [-0.1, -0.05) is 17.7 Å². The fourth-order valence-electron chi connectivity index (χ4n) is 2.95. The Morgan fingerprint density at radius 1 is 1.23 bits per heavy atom. The number of amides is 2. The number of halogens is 1. The molecule has 0 aliphatic carbocycles. The number of sulfonamides is 1. The van der Waals surface area contributed by atoms with E-state index in [0.717, 1.165) is 9.87 Å². The van der Waals surface area contributed by atoms with Gasteiger partial charge in [-0.15, -0.1) is 0 Å². The van der Waals surface area contributed by atoms with Gasteiger partial charge in [0.1, 0.15) is 5.75 Å². The van der Waals surface area contributed by atoms with Crippen molar-refractivity contribution in [3.63, 3.8) is 0 Å². The third-order valence-corrected chi connectivity index (χ3v) is 7.07. The highest BCUT2D eigenvalue weighted by molar-refractivity contribution is 7.89. The molecule has 8 nitrogen and oxygen atoms in total. The van der Waals surface area contributed by atoms with Crippen LogP contribution in [0.25, 0.3) is 0 Å². The van der Waals surface area contributed by atoms with Gasteiger partial charge in [-0.25, -0.2) is 8.42 Å². The predicted molar refractivity (Wildman–Crippen MR) is 115 cm³/mol. The number of nitrogens with zero attached hydrogens (tertiary/aromatic N) is 1. The van der Waals surface area contributed by atoms with Crippen LogP contribution >= 0.6 is 11.6 Å². The molecule has 10 heteroatoms. The molecule has 1 heterocycles. The summed E-state index contributed by atoms with van der Waals surface area (Å²) in [4.78, 5) is 24.1. The lowest BCUT2D eigenvalue weighted by atomic mass is 10.1. The summed E-state index contributed by atoms with van der Waals surface area (Å²) >= 11 is 6.05. The van der Waals surface area contributed by atoms with Gasteiger partial charge in [0, 0.05) is 23.8 Å². The number of hydrogen-bond donors (Lipinski definition) is 2. The minimum atomic E-state index is -3.98. The molecule has 0 spiro atoms. The average Bonchev–Trinajstić information content (AvgIpc) is 2.65. The van der Waals surface area contributed by atoms with Gasteiger partial charge in [-0.05, 0) is 50.1 Å². The lowest BCUT2D eigenvalue weighted by molar-refractivity contribution is -0.122. The van der Waals surface area contributed by atoms with Crippen LogP contribution in [0.15, 0.2) is 35.2 Å². The standard InChI is InChI=1S/C20H22ClN3O5S/c1-11-5-6-14(8-15(11)21)22-19(25)10-24(4)30(27,28)18-9-17-16(7-12(18)2)23-20(26)13(3)29-17/h5-9,13H,10H2,1-4H3,(H,22,25)(H,23,26)/t13-/m1/s1. The molecule has 0 fully saturated rings. The summed E-state index contributed by atoms with van der Waals surface area (Å²) in [6.07, 6.45) is -0.736. The van der Waals surface area contributed by atoms with Gasteiger partial charge in [-0.3, -0.25) is 9.59 Å². The number of rotatable bonds is 5. The van der Waals surface area contributed by atoms with E-state index in [1.165, 1.54) is 19.2 Å². The SMILES string of the molecule is Cc1ccc(NC(=O)CN(C)S(=O)(=O)c2cc3c(cc2C)NC(=O)[C@@H](C)O3)cc1Cl. The maximum absolute atomic E-state index is 13.1. The van der Waals surface area contributed by atoms with Gasteiger partial charge < -0.3 is 15.4 Å². The Morgan fingerprint density at radius 3 is 2.60 bits per heavy atom. The Kier molecular flexibility index (Phi) is 6.07. The third kappa shape index (κ3) is 4.43. The van der Waals surface area contributed by atoms with E-state index in [2.05, 4.69) is 10.6 Å². The fourth-order valence-corrected chi connectivity index (χ4v) is 4.47.